The predicted molar refractivity (Wildman–Crippen MR) is 106 cm³/mol. The van der Waals surface area contributed by atoms with E-state index in [1.54, 1.807) is 37.4 Å². The van der Waals surface area contributed by atoms with E-state index in [2.05, 4.69) is 10.6 Å². The molecule has 26 heavy (non-hydrogen) atoms. The minimum absolute atomic E-state index is 0.128. The van der Waals surface area contributed by atoms with Gasteiger partial charge in [0.2, 0.25) is 0 Å². The first-order chi connectivity index (χ1) is 12.5. The van der Waals surface area contributed by atoms with Gasteiger partial charge in [0.15, 0.2) is 5.11 Å². The van der Waals surface area contributed by atoms with E-state index in [0.29, 0.717) is 40.1 Å². The topological polar surface area (TPSA) is 68.8 Å². The molecule has 2 aromatic rings. The summed E-state index contributed by atoms with van der Waals surface area (Å²) < 4.78 is 15.8. The highest BCUT2D eigenvalue weighted by molar-refractivity contribution is 7.80. The van der Waals surface area contributed by atoms with Crippen molar-refractivity contribution < 1.29 is 19.0 Å². The Bertz CT molecular complexity index is 814. The van der Waals surface area contributed by atoms with Crippen LogP contribution in [0, 0.1) is 0 Å². The average molecular weight is 395 g/mol. The van der Waals surface area contributed by atoms with Gasteiger partial charge in [0.1, 0.15) is 17.2 Å². The van der Waals surface area contributed by atoms with Crippen LogP contribution in [0.4, 0.5) is 5.69 Å². The number of benzene rings is 2. The molecular weight excluding hydrogens is 376 g/mol. The lowest BCUT2D eigenvalue weighted by Gasteiger charge is -2.14. The predicted octanol–water partition coefficient (Wildman–Crippen LogP) is 3.88. The minimum Gasteiger partial charge on any atom is -0.497 e. The summed E-state index contributed by atoms with van der Waals surface area (Å²) in [5.41, 5.74) is 0.965. The molecule has 1 amide bonds. The number of thiocarbonyl (C=S) groups is 1. The Hall–Kier alpha value is -2.51. The van der Waals surface area contributed by atoms with Crippen LogP contribution in [-0.4, -0.2) is 31.8 Å². The zero-order valence-corrected chi connectivity index (χ0v) is 16.2. The number of nitrogens with one attached hydrogen (secondary N) is 2. The summed E-state index contributed by atoms with van der Waals surface area (Å²) in [5.74, 6) is 1.31. The van der Waals surface area contributed by atoms with Crippen LogP contribution in [0.15, 0.2) is 36.4 Å². The van der Waals surface area contributed by atoms with Crippen molar-refractivity contribution in [3.63, 3.8) is 0 Å². The smallest absolute Gasteiger partial charge is 0.257 e. The number of halogens is 1. The standard InChI is InChI=1S/C18H19ClN2O4S/c1-4-25-15-8-5-11(9-13(15)19)17(22)21-18(26)20-14-7-6-12(23-2)10-16(14)24-3/h5-10H,4H2,1-3H3,(H2,20,21,22,26). The molecule has 6 nitrogen and oxygen atoms in total. The molecule has 0 radical (unpaired) electrons. The summed E-state index contributed by atoms with van der Waals surface area (Å²) >= 11 is 11.3. The van der Waals surface area contributed by atoms with Crippen molar-refractivity contribution in [3.05, 3.63) is 47.0 Å². The monoisotopic (exact) mass is 394 g/mol. The number of amides is 1. The summed E-state index contributed by atoms with van der Waals surface area (Å²) in [5, 5.41) is 6.00. The van der Waals surface area contributed by atoms with Crippen LogP contribution in [0.2, 0.25) is 5.02 Å². The Kier molecular flexibility index (Phi) is 7.06. The maximum absolute atomic E-state index is 12.3. The number of carbonyl (C=O) groups excluding carboxylic acids is 1. The van der Waals surface area contributed by atoms with Gasteiger partial charge in [-0.3, -0.25) is 10.1 Å². The maximum Gasteiger partial charge on any atom is 0.257 e. The van der Waals surface area contributed by atoms with Crippen molar-refractivity contribution in [3.8, 4) is 17.2 Å². The third-order valence-corrected chi connectivity index (χ3v) is 3.88. The lowest BCUT2D eigenvalue weighted by atomic mass is 10.2. The second-order valence-corrected chi connectivity index (χ2v) is 5.87. The van der Waals surface area contributed by atoms with Crippen LogP contribution in [0.5, 0.6) is 17.2 Å². The van der Waals surface area contributed by atoms with E-state index in [-0.39, 0.29) is 11.0 Å². The minimum atomic E-state index is -0.389. The molecular formula is C18H19ClN2O4S. The molecule has 0 unspecified atom stereocenters. The molecule has 0 saturated heterocycles. The SMILES string of the molecule is CCOc1ccc(C(=O)NC(=S)Nc2ccc(OC)cc2OC)cc1Cl. The van der Waals surface area contributed by atoms with Gasteiger partial charge < -0.3 is 19.5 Å². The van der Waals surface area contributed by atoms with Crippen molar-refractivity contribution in [2.45, 2.75) is 6.92 Å². The molecule has 0 aromatic heterocycles. The maximum atomic E-state index is 12.3. The van der Waals surface area contributed by atoms with Gasteiger partial charge in [-0.2, -0.15) is 0 Å². The first-order valence-corrected chi connectivity index (χ1v) is 8.53. The fourth-order valence-corrected chi connectivity index (χ4v) is 2.58. The Balaban J connectivity index is 2.06. The molecule has 0 bridgehead atoms. The molecule has 0 spiro atoms. The van der Waals surface area contributed by atoms with Gasteiger partial charge in [0.25, 0.3) is 5.91 Å². The number of rotatable bonds is 6. The van der Waals surface area contributed by atoms with Crippen LogP contribution < -0.4 is 24.8 Å². The van der Waals surface area contributed by atoms with E-state index >= 15 is 0 Å². The Morgan fingerprint density at radius 2 is 1.88 bits per heavy atom. The summed E-state index contributed by atoms with van der Waals surface area (Å²) in [6, 6.07) is 9.98. The van der Waals surface area contributed by atoms with Crippen molar-refractivity contribution in [1.29, 1.82) is 0 Å². The molecule has 138 valence electrons. The molecule has 0 fully saturated rings. The van der Waals surface area contributed by atoms with Gasteiger partial charge >= 0.3 is 0 Å². The van der Waals surface area contributed by atoms with Crippen molar-refractivity contribution in [1.82, 2.24) is 5.32 Å². The van der Waals surface area contributed by atoms with Gasteiger partial charge in [-0.1, -0.05) is 11.6 Å². The molecule has 0 atom stereocenters. The number of hydrogen-bond donors (Lipinski definition) is 2. The zero-order valence-electron chi connectivity index (χ0n) is 14.6. The van der Waals surface area contributed by atoms with Gasteiger partial charge in [0.05, 0.1) is 31.5 Å². The number of ether oxygens (including phenoxy) is 3. The number of carbonyl (C=O) groups is 1. The lowest BCUT2D eigenvalue weighted by molar-refractivity contribution is 0.0977. The molecule has 0 heterocycles. The summed E-state index contributed by atoms with van der Waals surface area (Å²) in [6.07, 6.45) is 0. The largest absolute Gasteiger partial charge is 0.497 e. The number of hydrogen-bond acceptors (Lipinski definition) is 5. The Morgan fingerprint density at radius 1 is 1.12 bits per heavy atom. The summed E-state index contributed by atoms with van der Waals surface area (Å²) in [6.45, 7) is 2.34. The lowest BCUT2D eigenvalue weighted by Crippen LogP contribution is -2.34. The summed E-state index contributed by atoms with van der Waals surface area (Å²) in [7, 11) is 3.10. The molecule has 0 aliphatic carbocycles. The second-order valence-electron chi connectivity index (χ2n) is 5.05. The first kappa shape index (κ1) is 19.8. The fourth-order valence-electron chi connectivity index (χ4n) is 2.15. The van der Waals surface area contributed by atoms with E-state index in [0.717, 1.165) is 0 Å². The van der Waals surface area contributed by atoms with E-state index < -0.39 is 0 Å². The third kappa shape index (κ3) is 5.00. The van der Waals surface area contributed by atoms with Crippen molar-refractivity contribution in [2.24, 2.45) is 0 Å². The number of methoxy groups -OCH3 is 2. The second kappa shape index (κ2) is 9.26. The average Bonchev–Trinajstić information content (AvgIpc) is 2.63. The normalized spacial score (nSPS) is 10.0. The molecule has 2 N–H and O–H groups in total. The molecule has 0 aliphatic heterocycles. The Labute approximate surface area is 162 Å². The number of anilines is 1. The summed E-state index contributed by atoms with van der Waals surface area (Å²) in [4.78, 5) is 12.3. The highest BCUT2D eigenvalue weighted by atomic mass is 35.5. The van der Waals surface area contributed by atoms with Gasteiger partial charge in [-0.05, 0) is 49.5 Å². The van der Waals surface area contributed by atoms with Crippen molar-refractivity contribution in [2.75, 3.05) is 26.1 Å². The van der Waals surface area contributed by atoms with Gasteiger partial charge in [-0.15, -0.1) is 0 Å². The van der Waals surface area contributed by atoms with Gasteiger partial charge in [-0.25, -0.2) is 0 Å². The van der Waals surface area contributed by atoms with Crippen molar-refractivity contribution >= 4 is 40.5 Å². The molecule has 8 heteroatoms. The van der Waals surface area contributed by atoms with Gasteiger partial charge in [0, 0.05) is 11.6 Å². The highest BCUT2D eigenvalue weighted by Crippen LogP contribution is 2.29. The highest BCUT2D eigenvalue weighted by Gasteiger charge is 2.12. The van der Waals surface area contributed by atoms with E-state index in [4.69, 9.17) is 38.0 Å². The molecule has 2 aromatic carbocycles. The van der Waals surface area contributed by atoms with Crippen LogP contribution >= 0.6 is 23.8 Å². The third-order valence-electron chi connectivity index (χ3n) is 3.38. The fraction of sp³-hybridized carbons (Fsp3) is 0.222. The van der Waals surface area contributed by atoms with Crippen LogP contribution in [0.3, 0.4) is 0 Å². The molecule has 0 saturated carbocycles. The van der Waals surface area contributed by atoms with Crippen LogP contribution in [0.25, 0.3) is 0 Å². The van der Waals surface area contributed by atoms with E-state index in [1.165, 1.54) is 13.2 Å². The Morgan fingerprint density at radius 3 is 2.50 bits per heavy atom. The van der Waals surface area contributed by atoms with E-state index in [1.807, 2.05) is 6.92 Å². The van der Waals surface area contributed by atoms with Crippen LogP contribution in [-0.2, 0) is 0 Å². The zero-order chi connectivity index (χ0) is 19.1. The van der Waals surface area contributed by atoms with Crippen LogP contribution in [0.1, 0.15) is 17.3 Å². The quantitative estimate of drug-likeness (QED) is 0.724. The molecule has 0 aliphatic rings. The first-order valence-electron chi connectivity index (χ1n) is 7.75. The molecule has 2 rings (SSSR count). The van der Waals surface area contributed by atoms with E-state index in [9.17, 15) is 4.79 Å².